The van der Waals surface area contributed by atoms with Crippen LogP contribution in [-0.4, -0.2) is 45.8 Å². The Morgan fingerprint density at radius 1 is 0.792 bits per heavy atom. The average Bonchev–Trinajstić information content (AvgIpc) is 3.14. The van der Waals surface area contributed by atoms with Crippen molar-refractivity contribution in [3.8, 4) is 5.82 Å². The molecule has 1 aliphatic heterocycles. The molecule has 122 valence electrons. The van der Waals surface area contributed by atoms with Gasteiger partial charge in [0.25, 0.3) is 0 Å². The molecule has 0 aliphatic carbocycles. The number of rotatable bonds is 4. The summed E-state index contributed by atoms with van der Waals surface area (Å²) in [5, 5.41) is 4.45. The highest BCUT2D eigenvalue weighted by Crippen LogP contribution is 2.20. The summed E-state index contributed by atoms with van der Waals surface area (Å²) in [6.07, 6.45) is 3.65. The number of anilines is 1. The first-order valence-corrected chi connectivity index (χ1v) is 8.37. The Morgan fingerprint density at radius 2 is 1.58 bits per heavy atom. The first-order valence-electron chi connectivity index (χ1n) is 8.37. The number of piperazine rings is 1. The van der Waals surface area contributed by atoms with Crippen LogP contribution in [0.4, 0.5) is 5.82 Å². The summed E-state index contributed by atoms with van der Waals surface area (Å²) in [7, 11) is 0. The highest BCUT2D eigenvalue weighted by Gasteiger charge is 2.20. The predicted octanol–water partition coefficient (Wildman–Crippen LogP) is 2.59. The van der Waals surface area contributed by atoms with Crippen molar-refractivity contribution in [2.45, 2.75) is 6.54 Å². The summed E-state index contributed by atoms with van der Waals surface area (Å²) in [6.45, 7) is 5.15. The van der Waals surface area contributed by atoms with Crippen LogP contribution in [-0.2, 0) is 6.54 Å². The number of benzene rings is 1. The maximum atomic E-state index is 4.45. The van der Waals surface area contributed by atoms with E-state index in [0.29, 0.717) is 0 Å². The van der Waals surface area contributed by atoms with Gasteiger partial charge in [-0.15, -0.1) is 0 Å². The third-order valence-electron chi connectivity index (χ3n) is 4.43. The maximum absolute atomic E-state index is 4.45. The monoisotopic (exact) mass is 319 g/mol. The van der Waals surface area contributed by atoms with E-state index in [1.807, 2.05) is 29.1 Å². The van der Waals surface area contributed by atoms with Crippen molar-refractivity contribution >= 4 is 5.82 Å². The molecular weight excluding hydrogens is 298 g/mol. The summed E-state index contributed by atoms with van der Waals surface area (Å²) in [6, 6.07) is 18.7. The predicted molar refractivity (Wildman–Crippen MR) is 95.3 cm³/mol. The van der Waals surface area contributed by atoms with Crippen molar-refractivity contribution in [1.29, 1.82) is 0 Å². The van der Waals surface area contributed by atoms with Crippen LogP contribution in [0.3, 0.4) is 0 Å². The van der Waals surface area contributed by atoms with E-state index < -0.39 is 0 Å². The van der Waals surface area contributed by atoms with Crippen LogP contribution in [0.2, 0.25) is 0 Å². The summed E-state index contributed by atoms with van der Waals surface area (Å²) >= 11 is 0. The number of pyridine rings is 1. The van der Waals surface area contributed by atoms with Crippen LogP contribution in [0.1, 0.15) is 5.56 Å². The molecule has 0 saturated carbocycles. The van der Waals surface area contributed by atoms with Crippen molar-refractivity contribution in [3.63, 3.8) is 0 Å². The van der Waals surface area contributed by atoms with Crippen molar-refractivity contribution in [2.24, 2.45) is 0 Å². The maximum Gasteiger partial charge on any atom is 0.155 e. The number of aromatic nitrogens is 3. The van der Waals surface area contributed by atoms with Gasteiger partial charge in [0.05, 0.1) is 6.20 Å². The van der Waals surface area contributed by atoms with Gasteiger partial charge in [0.2, 0.25) is 0 Å². The smallest absolute Gasteiger partial charge is 0.155 e. The molecule has 1 fully saturated rings. The van der Waals surface area contributed by atoms with Crippen molar-refractivity contribution in [2.75, 3.05) is 31.1 Å². The second kappa shape index (κ2) is 6.84. The van der Waals surface area contributed by atoms with E-state index in [9.17, 15) is 0 Å². The van der Waals surface area contributed by atoms with Crippen molar-refractivity contribution < 1.29 is 0 Å². The summed E-state index contributed by atoms with van der Waals surface area (Å²) in [5.41, 5.74) is 1.38. The van der Waals surface area contributed by atoms with Gasteiger partial charge in [-0.3, -0.25) is 4.90 Å². The van der Waals surface area contributed by atoms with Gasteiger partial charge in [0, 0.05) is 45.0 Å². The van der Waals surface area contributed by atoms with E-state index in [1.54, 1.807) is 6.20 Å². The van der Waals surface area contributed by atoms with Gasteiger partial charge >= 0.3 is 0 Å². The average molecular weight is 319 g/mol. The lowest BCUT2D eigenvalue weighted by Crippen LogP contribution is -2.46. The highest BCUT2D eigenvalue weighted by molar-refractivity contribution is 5.44. The Morgan fingerprint density at radius 3 is 2.33 bits per heavy atom. The molecule has 2 aromatic heterocycles. The van der Waals surface area contributed by atoms with Gasteiger partial charge in [-0.25, -0.2) is 4.98 Å². The minimum absolute atomic E-state index is 0.865. The molecule has 1 saturated heterocycles. The van der Waals surface area contributed by atoms with E-state index in [0.717, 1.165) is 44.4 Å². The largest absolute Gasteiger partial charge is 0.354 e. The molecule has 1 aliphatic rings. The number of hydrogen-bond donors (Lipinski definition) is 0. The van der Waals surface area contributed by atoms with Crippen LogP contribution >= 0.6 is 0 Å². The lowest BCUT2D eigenvalue weighted by atomic mass is 10.2. The van der Waals surface area contributed by atoms with Crippen LogP contribution in [0.5, 0.6) is 0 Å². The fourth-order valence-electron chi connectivity index (χ4n) is 3.17. The van der Waals surface area contributed by atoms with E-state index in [2.05, 4.69) is 56.3 Å². The molecule has 0 N–H and O–H groups in total. The number of nitrogens with zero attached hydrogens (tertiary/aromatic N) is 5. The van der Waals surface area contributed by atoms with Gasteiger partial charge in [-0.1, -0.05) is 36.4 Å². The third kappa shape index (κ3) is 3.16. The first kappa shape index (κ1) is 14.9. The van der Waals surface area contributed by atoms with Gasteiger partial charge in [0.1, 0.15) is 5.82 Å². The third-order valence-corrected chi connectivity index (χ3v) is 4.43. The minimum Gasteiger partial charge on any atom is -0.354 e. The van der Waals surface area contributed by atoms with Crippen LogP contribution in [0, 0.1) is 0 Å². The summed E-state index contributed by atoms with van der Waals surface area (Å²) in [5.74, 6) is 1.98. The van der Waals surface area contributed by atoms with Crippen molar-refractivity contribution in [3.05, 3.63) is 72.6 Å². The minimum atomic E-state index is 0.865. The van der Waals surface area contributed by atoms with Gasteiger partial charge in [0.15, 0.2) is 5.82 Å². The Hall–Kier alpha value is -2.66. The molecule has 1 aromatic carbocycles. The van der Waals surface area contributed by atoms with E-state index in [-0.39, 0.29) is 0 Å². The Bertz CT molecular complexity index is 761. The molecule has 0 spiro atoms. The van der Waals surface area contributed by atoms with Gasteiger partial charge in [-0.2, -0.15) is 9.78 Å². The molecule has 0 atom stereocenters. The Balaban J connectivity index is 1.43. The molecule has 5 heteroatoms. The molecule has 3 heterocycles. The lowest BCUT2D eigenvalue weighted by Gasteiger charge is -2.35. The number of hydrogen-bond acceptors (Lipinski definition) is 4. The van der Waals surface area contributed by atoms with Crippen LogP contribution in [0.15, 0.2) is 67.0 Å². The van der Waals surface area contributed by atoms with Gasteiger partial charge < -0.3 is 4.90 Å². The lowest BCUT2D eigenvalue weighted by molar-refractivity contribution is 0.249. The molecule has 24 heavy (non-hydrogen) atoms. The zero-order chi connectivity index (χ0) is 16.2. The van der Waals surface area contributed by atoms with Crippen LogP contribution in [0.25, 0.3) is 5.82 Å². The second-order valence-electron chi connectivity index (χ2n) is 6.04. The van der Waals surface area contributed by atoms with E-state index in [1.165, 1.54) is 5.56 Å². The fourth-order valence-corrected chi connectivity index (χ4v) is 3.17. The molecule has 4 rings (SSSR count). The summed E-state index contributed by atoms with van der Waals surface area (Å²) in [4.78, 5) is 9.31. The molecule has 0 unspecified atom stereocenters. The molecule has 3 aromatic rings. The van der Waals surface area contributed by atoms with Crippen molar-refractivity contribution in [1.82, 2.24) is 19.7 Å². The topological polar surface area (TPSA) is 37.2 Å². The highest BCUT2D eigenvalue weighted by atomic mass is 15.4. The van der Waals surface area contributed by atoms with Crippen LogP contribution < -0.4 is 4.90 Å². The van der Waals surface area contributed by atoms with E-state index >= 15 is 0 Å². The molecule has 0 radical (unpaired) electrons. The van der Waals surface area contributed by atoms with Gasteiger partial charge in [-0.05, 0) is 17.7 Å². The molecule has 5 nitrogen and oxygen atoms in total. The zero-order valence-electron chi connectivity index (χ0n) is 13.6. The Kier molecular flexibility index (Phi) is 4.25. The molecule has 0 bridgehead atoms. The molecule has 0 amide bonds. The Labute approximate surface area is 142 Å². The molecular formula is C19H21N5. The SMILES string of the molecule is c1ccc(CN2CCN(c3ccnn3-c3ccccn3)CC2)cc1. The standard InChI is InChI=1S/C19H21N5/c1-2-6-17(7-3-1)16-22-12-14-23(15-13-22)19-9-11-21-24(19)18-8-4-5-10-20-18/h1-11H,12-16H2. The summed E-state index contributed by atoms with van der Waals surface area (Å²) < 4.78 is 1.92. The quantitative estimate of drug-likeness (QED) is 0.741. The zero-order valence-corrected chi connectivity index (χ0v) is 13.6. The first-order chi connectivity index (χ1) is 11.9. The fraction of sp³-hybridized carbons (Fsp3) is 0.263. The normalized spacial score (nSPS) is 15.6. The second-order valence-corrected chi connectivity index (χ2v) is 6.04. The van der Waals surface area contributed by atoms with E-state index in [4.69, 9.17) is 0 Å².